The van der Waals surface area contributed by atoms with Crippen molar-refractivity contribution >= 4 is 0 Å². The Kier molecular flexibility index (Phi) is 5.14. The van der Waals surface area contributed by atoms with Crippen LogP contribution in [0.2, 0.25) is 0 Å². The van der Waals surface area contributed by atoms with E-state index in [1.54, 1.807) is 0 Å². The van der Waals surface area contributed by atoms with Crippen LogP contribution in [0.3, 0.4) is 0 Å². The van der Waals surface area contributed by atoms with Crippen LogP contribution in [0.15, 0.2) is 11.6 Å². The lowest BCUT2D eigenvalue weighted by Gasteiger charge is -2.61. The number of hydrogen-bond acceptors (Lipinski definition) is 2. The predicted octanol–water partition coefficient (Wildman–Crippen LogP) is 4.70. The SMILES string of the molecule is CC(=CCO)CC[C@@H]1[C@@]2(C)CCCC(C)(C)[C@@H]2CC[C@]1(C)O. The van der Waals surface area contributed by atoms with Crippen molar-refractivity contribution in [1.29, 1.82) is 0 Å². The molecule has 0 amide bonds. The molecule has 0 heterocycles. The first-order valence-corrected chi connectivity index (χ1v) is 9.12. The van der Waals surface area contributed by atoms with Crippen molar-refractivity contribution in [1.82, 2.24) is 0 Å². The molecule has 2 nitrogen and oxygen atoms in total. The lowest BCUT2D eigenvalue weighted by molar-refractivity contribution is -0.168. The van der Waals surface area contributed by atoms with Crippen molar-refractivity contribution in [3.05, 3.63) is 11.6 Å². The Bertz CT molecular complexity index is 421. The Morgan fingerprint density at radius 1 is 1.14 bits per heavy atom. The van der Waals surface area contributed by atoms with Crippen LogP contribution in [0.25, 0.3) is 0 Å². The Balaban J connectivity index is 2.24. The van der Waals surface area contributed by atoms with Gasteiger partial charge in [-0.1, -0.05) is 38.8 Å². The van der Waals surface area contributed by atoms with Crippen molar-refractivity contribution in [2.75, 3.05) is 6.61 Å². The number of allylic oxidation sites excluding steroid dienone is 1. The summed E-state index contributed by atoms with van der Waals surface area (Å²) < 4.78 is 0. The molecule has 0 unspecified atom stereocenters. The number of fused-ring (bicyclic) bond motifs is 1. The third-order valence-corrected chi connectivity index (χ3v) is 7.03. The molecule has 4 atom stereocenters. The summed E-state index contributed by atoms with van der Waals surface area (Å²) in [5.41, 5.74) is 1.36. The summed E-state index contributed by atoms with van der Waals surface area (Å²) in [7, 11) is 0. The summed E-state index contributed by atoms with van der Waals surface area (Å²) in [6.07, 6.45) is 9.90. The third-order valence-electron chi connectivity index (χ3n) is 7.03. The number of rotatable bonds is 4. The van der Waals surface area contributed by atoms with E-state index in [2.05, 4.69) is 34.6 Å². The maximum atomic E-state index is 11.1. The normalized spacial score (nSPS) is 42.0. The van der Waals surface area contributed by atoms with Gasteiger partial charge in [-0.3, -0.25) is 0 Å². The number of aliphatic hydroxyl groups is 2. The van der Waals surface area contributed by atoms with E-state index >= 15 is 0 Å². The standard InChI is InChI=1S/C20H36O2/c1-15(10-14-21)7-8-17-19(4)12-6-11-18(2,3)16(19)9-13-20(17,5)22/h10,16-17,21-22H,6-9,11-14H2,1-5H3/t16-,17+,19-,20-/m0/s1. The summed E-state index contributed by atoms with van der Waals surface area (Å²) in [6, 6.07) is 0. The molecule has 0 aliphatic heterocycles. The van der Waals surface area contributed by atoms with Gasteiger partial charge in [0.15, 0.2) is 0 Å². The Labute approximate surface area is 137 Å². The van der Waals surface area contributed by atoms with Gasteiger partial charge in [0, 0.05) is 0 Å². The fourth-order valence-electron chi connectivity index (χ4n) is 5.90. The fourth-order valence-corrected chi connectivity index (χ4v) is 5.90. The van der Waals surface area contributed by atoms with Gasteiger partial charge in [-0.2, -0.15) is 0 Å². The second-order valence-electron chi connectivity index (χ2n) is 9.12. The second kappa shape index (κ2) is 6.28. The van der Waals surface area contributed by atoms with Crippen LogP contribution in [-0.4, -0.2) is 22.4 Å². The molecule has 2 aliphatic rings. The first kappa shape index (κ1) is 18.0. The van der Waals surface area contributed by atoms with Crippen LogP contribution >= 0.6 is 0 Å². The minimum Gasteiger partial charge on any atom is -0.392 e. The molecule has 0 radical (unpaired) electrons. The monoisotopic (exact) mass is 308 g/mol. The molecule has 0 bridgehead atoms. The van der Waals surface area contributed by atoms with Gasteiger partial charge in [0.1, 0.15) is 0 Å². The highest BCUT2D eigenvalue weighted by molar-refractivity contribution is 5.09. The molecule has 2 fully saturated rings. The molecule has 2 N–H and O–H groups in total. The topological polar surface area (TPSA) is 40.5 Å². The fraction of sp³-hybridized carbons (Fsp3) is 0.900. The molecule has 2 rings (SSSR count). The lowest BCUT2D eigenvalue weighted by atomic mass is 9.45. The van der Waals surface area contributed by atoms with Crippen LogP contribution in [0.1, 0.15) is 79.6 Å². The highest BCUT2D eigenvalue weighted by Crippen LogP contribution is 2.62. The summed E-state index contributed by atoms with van der Waals surface area (Å²) in [5.74, 6) is 1.08. The molecular weight excluding hydrogens is 272 g/mol. The van der Waals surface area contributed by atoms with Crippen molar-refractivity contribution in [3.63, 3.8) is 0 Å². The van der Waals surface area contributed by atoms with E-state index < -0.39 is 5.60 Å². The van der Waals surface area contributed by atoms with Gasteiger partial charge in [-0.05, 0) is 75.0 Å². The van der Waals surface area contributed by atoms with E-state index in [4.69, 9.17) is 5.11 Å². The maximum absolute atomic E-state index is 11.1. The van der Waals surface area contributed by atoms with E-state index in [1.165, 1.54) is 31.3 Å². The van der Waals surface area contributed by atoms with E-state index in [9.17, 15) is 5.11 Å². The van der Waals surface area contributed by atoms with Gasteiger partial charge >= 0.3 is 0 Å². The zero-order chi connectivity index (χ0) is 16.6. The number of aliphatic hydroxyl groups excluding tert-OH is 1. The van der Waals surface area contributed by atoms with Gasteiger partial charge in [0.2, 0.25) is 0 Å². The molecule has 0 saturated heterocycles. The molecule has 2 aliphatic carbocycles. The number of hydrogen-bond donors (Lipinski definition) is 2. The minimum atomic E-state index is -0.543. The van der Waals surface area contributed by atoms with Crippen molar-refractivity contribution in [3.8, 4) is 0 Å². The average Bonchev–Trinajstić information content (AvgIpc) is 2.36. The van der Waals surface area contributed by atoms with Gasteiger partial charge < -0.3 is 10.2 Å². The quantitative estimate of drug-likeness (QED) is 0.739. The van der Waals surface area contributed by atoms with Crippen LogP contribution < -0.4 is 0 Å². The summed E-state index contributed by atoms with van der Waals surface area (Å²) in [6.45, 7) is 11.6. The van der Waals surface area contributed by atoms with Crippen molar-refractivity contribution in [2.24, 2.45) is 22.7 Å². The molecule has 2 heteroatoms. The largest absolute Gasteiger partial charge is 0.392 e. The van der Waals surface area contributed by atoms with E-state index in [-0.39, 0.29) is 12.0 Å². The van der Waals surface area contributed by atoms with E-state index in [1.807, 2.05) is 6.08 Å². The van der Waals surface area contributed by atoms with Gasteiger partial charge in [0.25, 0.3) is 0 Å². The summed E-state index contributed by atoms with van der Waals surface area (Å²) in [5, 5.41) is 20.1. The van der Waals surface area contributed by atoms with Crippen LogP contribution in [0, 0.1) is 22.7 Å². The van der Waals surface area contributed by atoms with Crippen LogP contribution in [-0.2, 0) is 0 Å². The summed E-state index contributed by atoms with van der Waals surface area (Å²) in [4.78, 5) is 0. The second-order valence-corrected chi connectivity index (χ2v) is 9.12. The van der Waals surface area contributed by atoms with Gasteiger partial charge in [-0.15, -0.1) is 0 Å². The first-order chi connectivity index (χ1) is 10.1. The Hall–Kier alpha value is -0.340. The highest BCUT2D eigenvalue weighted by atomic mass is 16.3. The van der Waals surface area contributed by atoms with Crippen LogP contribution in [0.4, 0.5) is 0 Å². The van der Waals surface area contributed by atoms with Crippen molar-refractivity contribution < 1.29 is 10.2 Å². The molecular formula is C20H36O2. The molecule has 0 spiro atoms. The van der Waals surface area contributed by atoms with E-state index in [0.29, 0.717) is 11.3 Å². The summed E-state index contributed by atoms with van der Waals surface area (Å²) >= 11 is 0. The lowest BCUT2D eigenvalue weighted by Crippen LogP contribution is -2.57. The zero-order valence-electron chi connectivity index (χ0n) is 15.3. The van der Waals surface area contributed by atoms with Gasteiger partial charge in [0.05, 0.1) is 12.2 Å². The average molecular weight is 309 g/mol. The molecule has 128 valence electrons. The molecule has 0 aromatic heterocycles. The Morgan fingerprint density at radius 3 is 2.45 bits per heavy atom. The first-order valence-electron chi connectivity index (χ1n) is 9.12. The maximum Gasteiger partial charge on any atom is 0.0653 e. The molecule has 22 heavy (non-hydrogen) atoms. The van der Waals surface area contributed by atoms with E-state index in [0.717, 1.165) is 25.2 Å². The molecule has 2 saturated carbocycles. The minimum absolute atomic E-state index is 0.125. The zero-order valence-corrected chi connectivity index (χ0v) is 15.3. The van der Waals surface area contributed by atoms with Gasteiger partial charge in [-0.25, -0.2) is 0 Å². The molecule has 0 aromatic carbocycles. The molecule has 0 aromatic rings. The highest BCUT2D eigenvalue weighted by Gasteiger charge is 2.57. The predicted molar refractivity (Wildman–Crippen MR) is 92.7 cm³/mol. The van der Waals surface area contributed by atoms with Crippen molar-refractivity contribution in [2.45, 2.75) is 85.2 Å². The Morgan fingerprint density at radius 2 is 1.82 bits per heavy atom. The van der Waals surface area contributed by atoms with Crippen LogP contribution in [0.5, 0.6) is 0 Å². The third kappa shape index (κ3) is 3.28. The smallest absolute Gasteiger partial charge is 0.0653 e.